The number of alkyl halides is 3. The van der Waals surface area contributed by atoms with Crippen molar-refractivity contribution in [3.63, 3.8) is 0 Å². The number of carbonyl (C=O) groups is 1. The van der Waals surface area contributed by atoms with Crippen LogP contribution in [-0.2, 0) is 17.5 Å². The summed E-state index contributed by atoms with van der Waals surface area (Å²) >= 11 is 11.8. The van der Waals surface area contributed by atoms with Crippen molar-refractivity contribution < 1.29 is 27.8 Å². The smallest absolute Gasteiger partial charge is 0.436 e. The zero-order valence-corrected chi connectivity index (χ0v) is 18.3. The second-order valence-corrected chi connectivity index (χ2v) is 7.88. The van der Waals surface area contributed by atoms with Gasteiger partial charge in [-0.25, -0.2) is 0 Å². The SMILES string of the molecule is COc1cc(N2CCN(C(=O)Cn3nc(C(F)(F)F)c(Cl)c3C)C[C@@H]2CO)ccc1Cl. The van der Waals surface area contributed by atoms with E-state index in [0.717, 1.165) is 10.4 Å². The number of halogens is 5. The molecule has 2 aromatic rings. The minimum absolute atomic E-state index is 0.0629. The van der Waals surface area contributed by atoms with Crippen molar-refractivity contribution in [3.8, 4) is 5.75 Å². The molecule has 0 radical (unpaired) electrons. The molecule has 1 fully saturated rings. The Morgan fingerprint density at radius 3 is 2.61 bits per heavy atom. The number of carbonyl (C=O) groups excluding carboxylic acids is 1. The van der Waals surface area contributed by atoms with Crippen LogP contribution in [0.25, 0.3) is 0 Å². The van der Waals surface area contributed by atoms with Crippen LogP contribution < -0.4 is 9.64 Å². The van der Waals surface area contributed by atoms with E-state index in [0.29, 0.717) is 23.9 Å². The molecule has 0 unspecified atom stereocenters. The van der Waals surface area contributed by atoms with Crippen molar-refractivity contribution in [3.05, 3.63) is 39.6 Å². The molecule has 170 valence electrons. The summed E-state index contributed by atoms with van der Waals surface area (Å²) in [6, 6.07) is 4.82. The summed E-state index contributed by atoms with van der Waals surface area (Å²) in [5, 5.41) is 13.3. The Morgan fingerprint density at radius 1 is 1.32 bits per heavy atom. The van der Waals surface area contributed by atoms with E-state index in [1.165, 1.54) is 18.9 Å². The molecule has 1 saturated heterocycles. The fourth-order valence-corrected chi connectivity index (χ4v) is 3.93. The molecule has 12 heteroatoms. The fourth-order valence-electron chi connectivity index (χ4n) is 3.49. The van der Waals surface area contributed by atoms with Gasteiger partial charge in [-0.15, -0.1) is 0 Å². The Labute approximate surface area is 186 Å². The van der Waals surface area contributed by atoms with Gasteiger partial charge in [-0.05, 0) is 19.1 Å². The summed E-state index contributed by atoms with van der Waals surface area (Å²) in [4.78, 5) is 16.2. The summed E-state index contributed by atoms with van der Waals surface area (Å²) in [5.41, 5.74) is -0.376. The third-order valence-corrected chi connectivity index (χ3v) is 5.96. The number of methoxy groups -OCH3 is 1. The predicted molar refractivity (Wildman–Crippen MR) is 110 cm³/mol. The van der Waals surface area contributed by atoms with Crippen LogP contribution in [0.3, 0.4) is 0 Å². The van der Waals surface area contributed by atoms with Crippen LogP contribution >= 0.6 is 23.2 Å². The highest BCUT2D eigenvalue weighted by Gasteiger charge is 2.38. The summed E-state index contributed by atoms with van der Waals surface area (Å²) in [5.74, 6) is 0.0728. The first-order chi connectivity index (χ1) is 14.6. The highest BCUT2D eigenvalue weighted by molar-refractivity contribution is 6.32. The molecule has 1 amide bonds. The molecule has 1 aromatic heterocycles. The third-order valence-electron chi connectivity index (χ3n) is 5.20. The number of nitrogens with zero attached hydrogens (tertiary/aromatic N) is 4. The highest BCUT2D eigenvalue weighted by Crippen LogP contribution is 2.35. The van der Waals surface area contributed by atoms with Crippen LogP contribution in [0.4, 0.5) is 18.9 Å². The Hall–Kier alpha value is -2.17. The number of hydrogen-bond acceptors (Lipinski definition) is 5. The van der Waals surface area contributed by atoms with E-state index in [1.54, 1.807) is 18.2 Å². The summed E-state index contributed by atoms with van der Waals surface area (Å²) < 4.78 is 45.2. The number of benzene rings is 1. The standard InChI is InChI=1S/C19H21Cl2F3N4O3/c1-11-17(21)18(19(22,23)24)25-28(11)9-16(30)26-5-6-27(13(8-26)10-29)12-3-4-14(20)15(7-12)31-2/h3-4,7,13,29H,5-6,8-10H2,1-2H3/t13-/m1/s1. The van der Waals surface area contributed by atoms with Gasteiger partial charge in [0, 0.05) is 31.4 Å². The predicted octanol–water partition coefficient (Wildman–Crippen LogP) is 3.24. The number of amides is 1. The van der Waals surface area contributed by atoms with Crippen LogP contribution in [0.15, 0.2) is 18.2 Å². The van der Waals surface area contributed by atoms with Crippen molar-refractivity contribution in [2.45, 2.75) is 25.7 Å². The molecule has 2 heterocycles. The third kappa shape index (κ3) is 4.86. The first-order valence-corrected chi connectivity index (χ1v) is 10.1. The second kappa shape index (κ2) is 9.13. The van der Waals surface area contributed by atoms with E-state index in [1.807, 2.05) is 4.90 Å². The minimum atomic E-state index is -4.70. The number of aliphatic hydroxyl groups is 1. The van der Waals surface area contributed by atoms with E-state index >= 15 is 0 Å². The normalized spacial score (nSPS) is 17.2. The van der Waals surface area contributed by atoms with Gasteiger partial charge in [-0.2, -0.15) is 18.3 Å². The zero-order chi connectivity index (χ0) is 22.9. The molecule has 31 heavy (non-hydrogen) atoms. The average Bonchev–Trinajstić information content (AvgIpc) is 3.02. The van der Waals surface area contributed by atoms with Gasteiger partial charge in [0.1, 0.15) is 12.3 Å². The molecule has 1 atom stereocenters. The van der Waals surface area contributed by atoms with Gasteiger partial charge in [0.2, 0.25) is 5.91 Å². The lowest BCUT2D eigenvalue weighted by molar-refractivity contribution is -0.142. The second-order valence-electron chi connectivity index (χ2n) is 7.09. The highest BCUT2D eigenvalue weighted by atomic mass is 35.5. The van der Waals surface area contributed by atoms with Gasteiger partial charge in [-0.3, -0.25) is 9.48 Å². The quantitative estimate of drug-likeness (QED) is 0.711. The molecular formula is C19H21Cl2F3N4O3. The van der Waals surface area contributed by atoms with Crippen molar-refractivity contribution in [1.29, 1.82) is 0 Å². The maximum absolute atomic E-state index is 13.0. The van der Waals surface area contributed by atoms with Gasteiger partial charge < -0.3 is 19.6 Å². The van der Waals surface area contributed by atoms with Crippen molar-refractivity contribution in [2.75, 3.05) is 38.3 Å². The van der Waals surface area contributed by atoms with E-state index in [9.17, 15) is 23.1 Å². The first kappa shape index (κ1) is 23.5. The van der Waals surface area contributed by atoms with Crippen LogP contribution in [0.2, 0.25) is 10.0 Å². The van der Waals surface area contributed by atoms with Crippen molar-refractivity contribution >= 4 is 34.8 Å². The number of anilines is 1. The average molecular weight is 481 g/mol. The van der Waals surface area contributed by atoms with Crippen LogP contribution in [0, 0.1) is 6.92 Å². The molecule has 1 aliphatic heterocycles. The zero-order valence-electron chi connectivity index (χ0n) is 16.8. The van der Waals surface area contributed by atoms with E-state index < -0.39 is 28.8 Å². The first-order valence-electron chi connectivity index (χ1n) is 9.35. The number of piperazine rings is 1. The molecule has 1 aliphatic rings. The van der Waals surface area contributed by atoms with Gasteiger partial charge in [-0.1, -0.05) is 23.2 Å². The Kier molecular flexibility index (Phi) is 6.92. The lowest BCUT2D eigenvalue weighted by atomic mass is 10.1. The van der Waals surface area contributed by atoms with Crippen LogP contribution in [-0.4, -0.2) is 65.1 Å². The molecule has 7 nitrogen and oxygen atoms in total. The summed E-state index contributed by atoms with van der Waals surface area (Å²) in [6.07, 6.45) is -4.70. The summed E-state index contributed by atoms with van der Waals surface area (Å²) in [7, 11) is 1.50. The molecular weight excluding hydrogens is 460 g/mol. The van der Waals surface area contributed by atoms with Gasteiger partial charge in [0.15, 0.2) is 5.69 Å². The van der Waals surface area contributed by atoms with E-state index in [2.05, 4.69) is 5.10 Å². The monoisotopic (exact) mass is 480 g/mol. The number of aliphatic hydroxyl groups excluding tert-OH is 1. The number of ether oxygens (including phenoxy) is 1. The molecule has 0 bridgehead atoms. The van der Waals surface area contributed by atoms with Crippen molar-refractivity contribution in [2.24, 2.45) is 0 Å². The maximum atomic E-state index is 13.0. The number of rotatable bonds is 5. The molecule has 1 N–H and O–H groups in total. The minimum Gasteiger partial charge on any atom is -0.495 e. The maximum Gasteiger partial charge on any atom is 0.436 e. The molecule has 3 rings (SSSR count). The van der Waals surface area contributed by atoms with Crippen LogP contribution in [0.5, 0.6) is 5.75 Å². The molecule has 0 saturated carbocycles. The molecule has 0 spiro atoms. The molecule has 1 aromatic carbocycles. The van der Waals surface area contributed by atoms with Gasteiger partial charge in [0.25, 0.3) is 0 Å². The summed E-state index contributed by atoms with van der Waals surface area (Å²) in [6.45, 7) is 1.70. The van der Waals surface area contributed by atoms with Crippen molar-refractivity contribution in [1.82, 2.24) is 14.7 Å². The lowest BCUT2D eigenvalue weighted by Gasteiger charge is -2.42. The van der Waals surface area contributed by atoms with E-state index in [-0.39, 0.29) is 25.4 Å². The Balaban J connectivity index is 1.73. The van der Waals surface area contributed by atoms with E-state index in [4.69, 9.17) is 27.9 Å². The van der Waals surface area contributed by atoms with Gasteiger partial charge >= 0.3 is 6.18 Å². The number of aromatic nitrogens is 2. The largest absolute Gasteiger partial charge is 0.495 e. The Bertz CT molecular complexity index is 968. The lowest BCUT2D eigenvalue weighted by Crippen LogP contribution is -2.57. The molecule has 0 aliphatic carbocycles. The van der Waals surface area contributed by atoms with Gasteiger partial charge in [0.05, 0.1) is 35.5 Å². The Morgan fingerprint density at radius 2 is 2.03 bits per heavy atom. The van der Waals surface area contributed by atoms with Crippen LogP contribution in [0.1, 0.15) is 11.4 Å². The number of hydrogen-bond donors (Lipinski definition) is 1. The fraction of sp³-hybridized carbons (Fsp3) is 0.474. The topological polar surface area (TPSA) is 70.8 Å².